The molecule has 2 heterocycles. The molecule has 0 radical (unpaired) electrons. The van der Waals surface area contributed by atoms with Crippen LogP contribution in [0.1, 0.15) is 33.4 Å². The molecule has 0 fully saturated rings. The summed E-state index contributed by atoms with van der Waals surface area (Å²) in [6.07, 6.45) is 0. The average Bonchev–Trinajstić information content (AvgIpc) is 2.79. The summed E-state index contributed by atoms with van der Waals surface area (Å²) in [6.45, 7) is 4.16. The molecule has 0 atom stereocenters. The number of hydrogen-bond acceptors (Lipinski definition) is 3. The highest BCUT2D eigenvalue weighted by Crippen LogP contribution is 2.56. The Hall–Kier alpha value is -3.85. The van der Waals surface area contributed by atoms with Gasteiger partial charge in [0.15, 0.2) is 5.60 Å². The summed E-state index contributed by atoms with van der Waals surface area (Å²) in [4.78, 5) is 4.90. The van der Waals surface area contributed by atoms with Gasteiger partial charge in [-0.3, -0.25) is 0 Å². The Morgan fingerprint density at radius 2 is 1.26 bits per heavy atom. The van der Waals surface area contributed by atoms with E-state index in [2.05, 4.69) is 62.4 Å². The zero-order valence-corrected chi connectivity index (χ0v) is 17.4. The SMILES string of the molecule is Cc1ccc2c(c1)Oc1cc(C)ccc1C21OC(c2ccccc2)=Nc2ccccc21. The van der Waals surface area contributed by atoms with E-state index in [4.69, 9.17) is 14.5 Å². The molecule has 0 amide bonds. The molecule has 0 aliphatic carbocycles. The zero-order valence-electron chi connectivity index (χ0n) is 17.4. The summed E-state index contributed by atoms with van der Waals surface area (Å²) >= 11 is 0. The normalized spacial score (nSPS) is 15.1. The van der Waals surface area contributed by atoms with Crippen LogP contribution in [-0.4, -0.2) is 5.90 Å². The van der Waals surface area contributed by atoms with Crippen molar-refractivity contribution >= 4 is 11.6 Å². The van der Waals surface area contributed by atoms with Gasteiger partial charge in [0.2, 0.25) is 5.90 Å². The van der Waals surface area contributed by atoms with Crippen molar-refractivity contribution in [1.82, 2.24) is 0 Å². The van der Waals surface area contributed by atoms with Crippen molar-refractivity contribution in [2.45, 2.75) is 19.4 Å². The van der Waals surface area contributed by atoms with E-state index in [-0.39, 0.29) is 0 Å². The van der Waals surface area contributed by atoms with E-state index in [1.54, 1.807) is 0 Å². The number of ether oxygens (including phenoxy) is 2. The third-order valence-electron chi connectivity index (χ3n) is 6.03. The van der Waals surface area contributed by atoms with Crippen LogP contribution in [0.4, 0.5) is 5.69 Å². The predicted octanol–water partition coefficient (Wildman–Crippen LogP) is 6.81. The topological polar surface area (TPSA) is 30.8 Å². The molecule has 0 aromatic heterocycles. The highest BCUT2D eigenvalue weighted by Gasteiger charge is 2.50. The molecule has 6 rings (SSSR count). The summed E-state index contributed by atoms with van der Waals surface area (Å²) in [6, 6.07) is 31.0. The number of para-hydroxylation sites is 1. The van der Waals surface area contributed by atoms with Gasteiger partial charge in [-0.15, -0.1) is 0 Å². The monoisotopic (exact) mass is 403 g/mol. The number of aliphatic imine (C=N–C) groups is 1. The standard InChI is InChI=1S/C28H21NO2/c1-18-12-14-22-25(16-18)30-26-17-19(2)13-15-23(26)28(22)21-10-6-7-11-24(21)29-27(31-28)20-8-4-3-5-9-20/h3-17H,1-2H3. The van der Waals surface area contributed by atoms with Crippen molar-refractivity contribution in [1.29, 1.82) is 0 Å². The average molecular weight is 403 g/mol. The summed E-state index contributed by atoms with van der Waals surface area (Å²) < 4.78 is 13.3. The van der Waals surface area contributed by atoms with E-state index >= 15 is 0 Å². The van der Waals surface area contributed by atoms with Gasteiger partial charge in [0, 0.05) is 22.3 Å². The van der Waals surface area contributed by atoms with Gasteiger partial charge >= 0.3 is 0 Å². The number of fused-ring (bicyclic) bond motifs is 6. The van der Waals surface area contributed by atoms with Crippen molar-refractivity contribution in [2.24, 2.45) is 4.99 Å². The molecule has 1 spiro atoms. The molecule has 0 saturated carbocycles. The maximum Gasteiger partial charge on any atom is 0.222 e. The fourth-order valence-corrected chi connectivity index (χ4v) is 4.58. The van der Waals surface area contributed by atoms with E-state index in [1.165, 1.54) is 0 Å². The molecule has 0 unspecified atom stereocenters. The maximum atomic E-state index is 6.93. The predicted molar refractivity (Wildman–Crippen MR) is 122 cm³/mol. The lowest BCUT2D eigenvalue weighted by Gasteiger charge is -2.43. The van der Waals surface area contributed by atoms with Gasteiger partial charge in [0.25, 0.3) is 0 Å². The van der Waals surface area contributed by atoms with E-state index in [1.807, 2.05) is 42.5 Å². The summed E-state index contributed by atoms with van der Waals surface area (Å²) in [7, 11) is 0. The Labute approximate surface area is 181 Å². The highest BCUT2D eigenvalue weighted by molar-refractivity contribution is 5.98. The molecule has 3 nitrogen and oxygen atoms in total. The number of hydrogen-bond donors (Lipinski definition) is 0. The fourth-order valence-electron chi connectivity index (χ4n) is 4.58. The molecule has 4 aromatic carbocycles. The first-order chi connectivity index (χ1) is 15.1. The Morgan fingerprint density at radius 3 is 1.94 bits per heavy atom. The van der Waals surface area contributed by atoms with E-state index in [9.17, 15) is 0 Å². The van der Waals surface area contributed by atoms with Gasteiger partial charge in [0.05, 0.1) is 5.69 Å². The third kappa shape index (κ3) is 2.63. The molecule has 2 aliphatic rings. The fraction of sp³-hybridized carbons (Fsp3) is 0.107. The lowest BCUT2D eigenvalue weighted by Crippen LogP contribution is -2.40. The number of rotatable bonds is 1. The maximum absolute atomic E-state index is 6.93. The van der Waals surface area contributed by atoms with Crippen LogP contribution in [0.3, 0.4) is 0 Å². The molecule has 2 aliphatic heterocycles. The molecule has 150 valence electrons. The summed E-state index contributed by atoms with van der Waals surface area (Å²) in [5.74, 6) is 2.25. The van der Waals surface area contributed by atoms with Crippen LogP contribution < -0.4 is 4.74 Å². The molecule has 4 aromatic rings. The largest absolute Gasteiger partial charge is 0.456 e. The van der Waals surface area contributed by atoms with Crippen molar-refractivity contribution in [3.63, 3.8) is 0 Å². The second-order valence-electron chi connectivity index (χ2n) is 8.18. The number of nitrogens with zero attached hydrogens (tertiary/aromatic N) is 1. The van der Waals surface area contributed by atoms with Gasteiger partial charge in [-0.1, -0.05) is 60.7 Å². The van der Waals surface area contributed by atoms with Crippen LogP contribution in [-0.2, 0) is 10.3 Å². The van der Waals surface area contributed by atoms with Crippen LogP contribution in [0.15, 0.2) is 96.0 Å². The lowest BCUT2D eigenvalue weighted by molar-refractivity contribution is 0.124. The van der Waals surface area contributed by atoms with Gasteiger partial charge < -0.3 is 9.47 Å². The van der Waals surface area contributed by atoms with Crippen molar-refractivity contribution < 1.29 is 9.47 Å². The van der Waals surface area contributed by atoms with E-state index in [0.29, 0.717) is 5.90 Å². The minimum absolute atomic E-state index is 0.610. The zero-order chi connectivity index (χ0) is 21.0. The van der Waals surface area contributed by atoms with Crippen LogP contribution in [0.2, 0.25) is 0 Å². The minimum Gasteiger partial charge on any atom is -0.456 e. The van der Waals surface area contributed by atoms with Gasteiger partial charge in [-0.25, -0.2) is 4.99 Å². The molecular formula is C28H21NO2. The molecule has 0 saturated heterocycles. The smallest absolute Gasteiger partial charge is 0.222 e. The van der Waals surface area contributed by atoms with Crippen LogP contribution in [0.5, 0.6) is 11.5 Å². The van der Waals surface area contributed by atoms with Gasteiger partial charge in [-0.05, 0) is 55.3 Å². The highest BCUT2D eigenvalue weighted by atomic mass is 16.5. The summed E-state index contributed by atoms with van der Waals surface area (Å²) in [5.41, 5.74) is 6.31. The van der Waals surface area contributed by atoms with Crippen molar-refractivity contribution in [2.75, 3.05) is 0 Å². The van der Waals surface area contributed by atoms with Gasteiger partial charge in [-0.2, -0.15) is 0 Å². The second-order valence-corrected chi connectivity index (χ2v) is 8.18. The van der Waals surface area contributed by atoms with Gasteiger partial charge in [0.1, 0.15) is 11.5 Å². The first-order valence-corrected chi connectivity index (χ1v) is 10.5. The first-order valence-electron chi connectivity index (χ1n) is 10.5. The Morgan fingerprint density at radius 1 is 0.645 bits per heavy atom. The number of benzene rings is 4. The van der Waals surface area contributed by atoms with E-state index < -0.39 is 5.60 Å². The summed E-state index contributed by atoms with van der Waals surface area (Å²) in [5, 5.41) is 0. The quantitative estimate of drug-likeness (QED) is 0.349. The molecule has 0 N–H and O–H groups in total. The Balaban J connectivity index is 1.71. The molecular weight excluding hydrogens is 382 g/mol. The Bertz CT molecular complexity index is 1300. The molecule has 3 heteroatoms. The molecule has 31 heavy (non-hydrogen) atoms. The molecule has 0 bridgehead atoms. The van der Waals surface area contributed by atoms with Crippen molar-refractivity contribution in [3.05, 3.63) is 124 Å². The van der Waals surface area contributed by atoms with E-state index in [0.717, 1.165) is 50.6 Å². The third-order valence-corrected chi connectivity index (χ3v) is 6.03. The first kappa shape index (κ1) is 18.0. The second kappa shape index (κ2) is 6.58. The van der Waals surface area contributed by atoms with Crippen LogP contribution >= 0.6 is 0 Å². The Kier molecular flexibility index (Phi) is 3.81. The minimum atomic E-state index is -0.839. The number of aryl methyl sites for hydroxylation is 2. The van der Waals surface area contributed by atoms with Crippen LogP contribution in [0.25, 0.3) is 0 Å². The van der Waals surface area contributed by atoms with Crippen LogP contribution in [0, 0.1) is 13.8 Å². The van der Waals surface area contributed by atoms with Crippen molar-refractivity contribution in [3.8, 4) is 11.5 Å². The lowest BCUT2D eigenvalue weighted by atomic mass is 9.76.